The van der Waals surface area contributed by atoms with Crippen molar-refractivity contribution in [2.75, 3.05) is 5.32 Å². The first-order valence-corrected chi connectivity index (χ1v) is 10.0. The molecule has 2 aromatic carbocycles. The predicted molar refractivity (Wildman–Crippen MR) is 111 cm³/mol. The summed E-state index contributed by atoms with van der Waals surface area (Å²) in [6.07, 6.45) is -1.12. The Labute approximate surface area is 193 Å². The van der Waals surface area contributed by atoms with Crippen molar-refractivity contribution >= 4 is 22.4 Å². The molecule has 0 aliphatic heterocycles. The molecule has 0 atom stereocenters. The van der Waals surface area contributed by atoms with Crippen molar-refractivity contribution in [1.82, 2.24) is 15.2 Å². The molecule has 4 aromatic rings. The van der Waals surface area contributed by atoms with Crippen LogP contribution < -0.4 is 5.32 Å². The minimum atomic E-state index is -4.49. The molecular formula is C23H18F4N4V. The van der Waals surface area contributed by atoms with Crippen LogP contribution in [-0.2, 0) is 37.6 Å². The minimum absolute atomic E-state index is 0. The van der Waals surface area contributed by atoms with Crippen LogP contribution in [0.25, 0.3) is 22.2 Å². The smallest absolute Gasteiger partial charge is 0.338 e. The largest absolute Gasteiger partial charge is 0.417 e. The van der Waals surface area contributed by atoms with Gasteiger partial charge >= 0.3 is 6.18 Å². The van der Waals surface area contributed by atoms with E-state index in [1.54, 1.807) is 18.2 Å². The molecule has 2 heterocycles. The molecule has 2 aromatic heterocycles. The number of anilines is 2. The van der Waals surface area contributed by atoms with E-state index >= 15 is 0 Å². The number of aromatic nitrogens is 3. The molecule has 0 fully saturated rings. The number of halogens is 4. The van der Waals surface area contributed by atoms with E-state index in [-0.39, 0.29) is 29.8 Å². The fraction of sp³-hybridized carbons (Fsp3) is 0.217. The van der Waals surface area contributed by atoms with Crippen LogP contribution in [0.4, 0.5) is 29.1 Å². The molecular weight excluding hydrogens is 459 g/mol. The van der Waals surface area contributed by atoms with E-state index in [1.165, 1.54) is 24.3 Å². The van der Waals surface area contributed by atoms with Crippen molar-refractivity contribution in [2.24, 2.45) is 0 Å². The molecule has 0 amide bonds. The topological polar surface area (TPSA) is 53.6 Å². The Morgan fingerprint density at radius 1 is 0.969 bits per heavy atom. The molecule has 163 valence electrons. The summed E-state index contributed by atoms with van der Waals surface area (Å²) in [4.78, 5) is 4.60. The van der Waals surface area contributed by atoms with Gasteiger partial charge in [0.25, 0.3) is 0 Å². The van der Waals surface area contributed by atoms with Gasteiger partial charge in [-0.2, -0.15) is 18.3 Å². The van der Waals surface area contributed by atoms with Crippen molar-refractivity contribution < 1.29 is 36.1 Å². The zero-order valence-corrected chi connectivity index (χ0v) is 18.2. The van der Waals surface area contributed by atoms with Crippen molar-refractivity contribution in [2.45, 2.75) is 31.9 Å². The van der Waals surface area contributed by atoms with Crippen LogP contribution in [0.2, 0.25) is 0 Å². The maximum absolute atomic E-state index is 13.8. The SMILES string of the molecule is Fc1ccc2[nH]nc(Nc3cc(-c4ccccc4C(F)(F)F)nc4c3CCCC4)c2c1.[V]. The third-order valence-corrected chi connectivity index (χ3v) is 5.59. The first kappa shape index (κ1) is 22.4. The Kier molecular flexibility index (Phi) is 6.01. The second-order valence-corrected chi connectivity index (χ2v) is 7.62. The first-order valence-electron chi connectivity index (χ1n) is 10.0. The molecule has 1 aliphatic rings. The van der Waals surface area contributed by atoms with Crippen LogP contribution in [0.3, 0.4) is 0 Å². The van der Waals surface area contributed by atoms with Gasteiger partial charge in [-0.25, -0.2) is 4.39 Å². The number of aryl methyl sites for hydroxylation is 1. The fourth-order valence-electron chi connectivity index (χ4n) is 4.12. The molecule has 0 bridgehead atoms. The third-order valence-electron chi connectivity index (χ3n) is 5.59. The zero-order chi connectivity index (χ0) is 21.6. The van der Waals surface area contributed by atoms with Gasteiger partial charge in [0.2, 0.25) is 0 Å². The molecule has 0 unspecified atom stereocenters. The van der Waals surface area contributed by atoms with E-state index in [0.29, 0.717) is 28.8 Å². The number of H-pyrrole nitrogens is 1. The number of rotatable bonds is 3. The van der Waals surface area contributed by atoms with Gasteiger partial charge in [-0.1, -0.05) is 18.2 Å². The van der Waals surface area contributed by atoms with Crippen molar-refractivity contribution in [3.63, 3.8) is 0 Å². The predicted octanol–water partition coefficient (Wildman–Crippen LogP) is 6.40. The van der Waals surface area contributed by atoms with Gasteiger partial charge < -0.3 is 5.32 Å². The number of fused-ring (bicyclic) bond motifs is 2. The number of aromatic amines is 1. The Hall–Kier alpha value is -2.84. The van der Waals surface area contributed by atoms with Gasteiger partial charge in [0.05, 0.1) is 16.8 Å². The molecule has 32 heavy (non-hydrogen) atoms. The number of nitrogens with zero attached hydrogens (tertiary/aromatic N) is 2. The van der Waals surface area contributed by atoms with Crippen LogP contribution in [0, 0.1) is 5.82 Å². The number of alkyl halides is 3. The van der Waals surface area contributed by atoms with Crippen molar-refractivity contribution in [1.29, 1.82) is 0 Å². The normalized spacial score (nSPS) is 13.5. The third kappa shape index (κ3) is 4.12. The molecule has 9 heteroatoms. The Balaban J connectivity index is 0.00000245. The van der Waals surface area contributed by atoms with Crippen LogP contribution in [0.15, 0.2) is 48.5 Å². The van der Waals surface area contributed by atoms with E-state index in [1.807, 2.05) is 0 Å². The van der Waals surface area contributed by atoms with Crippen LogP contribution in [-0.4, -0.2) is 15.2 Å². The minimum Gasteiger partial charge on any atom is -0.338 e. The molecule has 0 saturated heterocycles. The average molecular weight is 477 g/mol. The summed E-state index contributed by atoms with van der Waals surface area (Å²) in [5, 5.41) is 10.9. The monoisotopic (exact) mass is 477 g/mol. The summed E-state index contributed by atoms with van der Waals surface area (Å²) < 4.78 is 54.6. The van der Waals surface area contributed by atoms with Crippen molar-refractivity contribution in [3.8, 4) is 11.3 Å². The van der Waals surface area contributed by atoms with Gasteiger partial charge in [-0.05, 0) is 61.6 Å². The quantitative estimate of drug-likeness (QED) is 0.336. The Morgan fingerprint density at radius 2 is 1.75 bits per heavy atom. The molecule has 5 rings (SSSR count). The van der Waals surface area contributed by atoms with E-state index in [0.717, 1.165) is 36.6 Å². The Morgan fingerprint density at radius 3 is 2.56 bits per heavy atom. The number of pyridine rings is 1. The number of hydrogen-bond acceptors (Lipinski definition) is 3. The van der Waals surface area contributed by atoms with Crippen molar-refractivity contribution in [3.05, 3.63) is 71.2 Å². The second-order valence-electron chi connectivity index (χ2n) is 7.62. The van der Waals surface area contributed by atoms with E-state index in [4.69, 9.17) is 0 Å². The Bertz CT molecular complexity index is 1280. The molecule has 4 nitrogen and oxygen atoms in total. The maximum atomic E-state index is 13.8. The van der Waals surface area contributed by atoms with Gasteiger partial charge in [0.1, 0.15) is 5.82 Å². The van der Waals surface area contributed by atoms with Gasteiger partial charge in [-0.3, -0.25) is 10.1 Å². The summed E-state index contributed by atoms with van der Waals surface area (Å²) in [5.74, 6) is 0.0250. The standard InChI is InChI=1S/C23H18F4N4.V/c24-13-9-10-19-16(11-13)22(31-30-19)29-21-12-20(28-18-8-4-2-6-15(18)21)14-5-1-3-7-17(14)23(25,26)27;/h1,3,5,7,9-12H,2,4,6,8H2,(H2,28,29,30,31);. The van der Waals surface area contributed by atoms with Crippen LogP contribution in [0.1, 0.15) is 29.7 Å². The molecule has 1 aliphatic carbocycles. The average Bonchev–Trinajstić information content (AvgIpc) is 3.15. The van der Waals surface area contributed by atoms with Gasteiger partial charge in [0, 0.05) is 40.9 Å². The van der Waals surface area contributed by atoms with Crippen LogP contribution in [0.5, 0.6) is 0 Å². The summed E-state index contributed by atoms with van der Waals surface area (Å²) in [6.45, 7) is 0. The summed E-state index contributed by atoms with van der Waals surface area (Å²) >= 11 is 0. The van der Waals surface area contributed by atoms with Gasteiger partial charge in [-0.15, -0.1) is 0 Å². The van der Waals surface area contributed by atoms with Crippen LogP contribution >= 0.6 is 0 Å². The fourth-order valence-corrected chi connectivity index (χ4v) is 4.12. The van der Waals surface area contributed by atoms with E-state index in [2.05, 4.69) is 20.5 Å². The number of benzene rings is 2. The first-order chi connectivity index (χ1) is 14.9. The molecule has 0 saturated carbocycles. The van der Waals surface area contributed by atoms with E-state index < -0.39 is 17.6 Å². The second kappa shape index (κ2) is 8.60. The number of hydrogen-bond donors (Lipinski definition) is 2. The molecule has 2 N–H and O–H groups in total. The van der Waals surface area contributed by atoms with Gasteiger partial charge in [0.15, 0.2) is 5.82 Å². The van der Waals surface area contributed by atoms with E-state index in [9.17, 15) is 17.6 Å². The maximum Gasteiger partial charge on any atom is 0.417 e. The summed E-state index contributed by atoms with van der Waals surface area (Å²) in [7, 11) is 0. The zero-order valence-electron chi connectivity index (χ0n) is 16.8. The summed E-state index contributed by atoms with van der Waals surface area (Å²) in [5.41, 5.74) is 2.62. The molecule has 0 spiro atoms. The number of nitrogens with one attached hydrogen (secondary N) is 2. The molecule has 1 radical (unpaired) electrons. The summed E-state index contributed by atoms with van der Waals surface area (Å²) in [6, 6.07) is 11.4.